The van der Waals surface area contributed by atoms with Gasteiger partial charge in [0.15, 0.2) is 9.84 Å². The van der Waals surface area contributed by atoms with Gasteiger partial charge in [-0.1, -0.05) is 12.1 Å². The number of nitriles is 1. The summed E-state index contributed by atoms with van der Waals surface area (Å²) < 4.78 is 52.5. The van der Waals surface area contributed by atoms with Crippen molar-refractivity contribution in [2.24, 2.45) is 11.3 Å². The highest BCUT2D eigenvalue weighted by Crippen LogP contribution is 2.52. The van der Waals surface area contributed by atoms with Crippen LogP contribution < -0.4 is 4.90 Å². The lowest BCUT2D eigenvalue weighted by Gasteiger charge is -2.32. The number of Topliss-reactive ketones (excluding diaryl/α,β-unsaturated/α-hetero) is 1. The summed E-state index contributed by atoms with van der Waals surface area (Å²) in [7, 11) is -3.00. The van der Waals surface area contributed by atoms with Crippen molar-refractivity contribution in [3.8, 4) is 27.1 Å². The highest BCUT2D eigenvalue weighted by molar-refractivity contribution is 7.91. The summed E-state index contributed by atoms with van der Waals surface area (Å²) >= 11 is 1.39. The van der Waals surface area contributed by atoms with Crippen molar-refractivity contribution in [3.05, 3.63) is 54.2 Å². The second-order valence-electron chi connectivity index (χ2n) is 11.5. The summed E-state index contributed by atoms with van der Waals surface area (Å²) in [6.45, 7) is 0.870. The predicted octanol–water partition coefficient (Wildman–Crippen LogP) is 5.73. The van der Waals surface area contributed by atoms with E-state index in [2.05, 4.69) is 11.1 Å². The largest absolute Gasteiger partial charge is 0.369 e. The fraction of sp³-hybridized carbons (Fsp3) is 0.467. The lowest BCUT2D eigenvalue weighted by atomic mass is 9.72. The molecule has 0 amide bonds. The molecule has 0 N–H and O–H groups in total. The van der Waals surface area contributed by atoms with Crippen molar-refractivity contribution in [3.63, 3.8) is 0 Å². The predicted molar refractivity (Wildman–Crippen MR) is 153 cm³/mol. The monoisotopic (exact) mass is 596 g/mol. The zero-order chi connectivity index (χ0) is 28.8. The first-order valence-electron chi connectivity index (χ1n) is 13.9. The zero-order valence-electron chi connectivity index (χ0n) is 22.4. The quantitative estimate of drug-likeness (QED) is 0.343. The van der Waals surface area contributed by atoms with Gasteiger partial charge in [-0.3, -0.25) is 9.78 Å². The second-order valence-corrected chi connectivity index (χ2v) is 14.8. The number of pyridine rings is 1. The molecule has 7 nitrogen and oxygen atoms in total. The second kappa shape index (κ2) is 10.9. The van der Waals surface area contributed by atoms with E-state index in [1.54, 1.807) is 6.20 Å². The molecule has 2 saturated carbocycles. The van der Waals surface area contributed by atoms with Crippen molar-refractivity contribution in [1.29, 1.82) is 5.26 Å². The molecule has 1 aromatic carbocycles. The average molecular weight is 597 g/mol. The van der Waals surface area contributed by atoms with E-state index >= 15 is 0 Å². The van der Waals surface area contributed by atoms with Crippen LogP contribution in [0.25, 0.3) is 21.0 Å². The van der Waals surface area contributed by atoms with Crippen LogP contribution in [0.3, 0.4) is 0 Å². The number of sulfone groups is 1. The third-order valence-corrected chi connectivity index (χ3v) is 11.4. The Labute approximate surface area is 242 Å². The van der Waals surface area contributed by atoms with E-state index in [-0.39, 0.29) is 36.0 Å². The summed E-state index contributed by atoms with van der Waals surface area (Å²) in [6, 6.07) is 11.5. The van der Waals surface area contributed by atoms with Gasteiger partial charge in [0.2, 0.25) is 0 Å². The number of thiazole rings is 1. The molecule has 3 aliphatic rings. The van der Waals surface area contributed by atoms with E-state index < -0.39 is 33.2 Å². The molecule has 0 spiro atoms. The van der Waals surface area contributed by atoms with Crippen LogP contribution >= 0.6 is 11.3 Å². The van der Waals surface area contributed by atoms with Crippen molar-refractivity contribution >= 4 is 32.6 Å². The van der Waals surface area contributed by atoms with Crippen LogP contribution in [0.2, 0.25) is 0 Å². The zero-order valence-corrected chi connectivity index (χ0v) is 24.1. The van der Waals surface area contributed by atoms with Crippen LogP contribution in [0.15, 0.2) is 42.7 Å². The maximum Gasteiger partial charge on any atom is 0.153 e. The maximum absolute atomic E-state index is 14.7. The molecular formula is C30H30F2N4O3S2. The Kier molecular flexibility index (Phi) is 7.41. The van der Waals surface area contributed by atoms with Gasteiger partial charge >= 0.3 is 0 Å². The fourth-order valence-corrected chi connectivity index (χ4v) is 8.31. The summed E-state index contributed by atoms with van der Waals surface area (Å²) in [6.07, 6.45) is 4.00. The summed E-state index contributed by atoms with van der Waals surface area (Å²) in [4.78, 5) is 25.3. The number of hydrogen-bond donors (Lipinski definition) is 0. The molecular weight excluding hydrogens is 566 g/mol. The molecule has 3 aromatic rings. The third kappa shape index (κ3) is 5.90. The lowest BCUT2D eigenvalue weighted by Crippen LogP contribution is -2.40. The summed E-state index contributed by atoms with van der Waals surface area (Å²) in [5.41, 5.74) is 2.39. The molecule has 0 bridgehead atoms. The maximum atomic E-state index is 14.7. The first-order chi connectivity index (χ1) is 19.7. The molecule has 1 saturated heterocycles. The van der Waals surface area contributed by atoms with E-state index in [4.69, 9.17) is 4.98 Å². The number of carbonyl (C=O) groups is 1. The molecule has 41 heavy (non-hydrogen) atoms. The molecule has 3 fully saturated rings. The fourth-order valence-electron chi connectivity index (χ4n) is 5.98. The number of halogens is 2. The summed E-state index contributed by atoms with van der Waals surface area (Å²) in [5, 5.41) is 10.1. The number of hydrogen-bond acceptors (Lipinski definition) is 8. The smallest absolute Gasteiger partial charge is 0.153 e. The Morgan fingerprint density at radius 2 is 1.85 bits per heavy atom. The number of alkyl halides is 1. The molecule has 1 aliphatic heterocycles. The standard InChI is InChI=1S/C30H30F2N4O3S2/c31-21-3-6-24(25(14-21)26(37)15-30(18-33)7-8-30)27-28(40-29(35-27)20-13-22(32)17-34-16-20)19-1-4-23(5-2-19)36-9-11-41(38,39)12-10-36/h1-2,4-5,13,16-17,21,24-25H,3,6-12,14-15H2/t21-,24+,25+/m0/s1. The van der Waals surface area contributed by atoms with Crippen molar-refractivity contribution in [2.75, 3.05) is 29.5 Å². The van der Waals surface area contributed by atoms with Crippen LogP contribution in [0.4, 0.5) is 14.5 Å². The van der Waals surface area contributed by atoms with Gasteiger partial charge in [-0.15, -0.1) is 11.3 Å². The number of anilines is 1. The Morgan fingerprint density at radius 3 is 2.51 bits per heavy atom. The minimum absolute atomic E-state index is 0.0836. The van der Waals surface area contributed by atoms with Crippen molar-refractivity contribution in [1.82, 2.24) is 9.97 Å². The van der Waals surface area contributed by atoms with Crippen molar-refractivity contribution < 1.29 is 22.0 Å². The molecule has 11 heteroatoms. The molecule has 0 unspecified atom stereocenters. The van der Waals surface area contributed by atoms with Crippen LogP contribution in [0.5, 0.6) is 0 Å². The SMILES string of the molecule is N#CC1(CC(=O)[C@@H]2C[C@@H](F)CC[C@H]2c2nc(-c3cncc(F)c3)sc2-c2ccc(N3CCS(=O)(=O)CC3)cc2)CC1. The Morgan fingerprint density at radius 1 is 1.12 bits per heavy atom. The number of carbonyl (C=O) groups excluding carboxylic acids is 1. The number of ketones is 1. The average Bonchev–Trinajstić information content (AvgIpc) is 3.59. The molecule has 2 aliphatic carbocycles. The normalized spacial score (nSPS) is 24.9. The Balaban J connectivity index is 1.36. The molecule has 3 atom stereocenters. The first kappa shape index (κ1) is 27.9. The van der Waals surface area contributed by atoms with Crippen LogP contribution in [-0.2, 0) is 14.6 Å². The Hall–Kier alpha value is -3.23. The molecule has 6 rings (SSSR count). The minimum atomic E-state index is -3.00. The van der Waals surface area contributed by atoms with Gasteiger partial charge in [0.25, 0.3) is 0 Å². The highest BCUT2D eigenvalue weighted by Gasteiger charge is 2.48. The van der Waals surface area contributed by atoms with E-state index in [1.807, 2.05) is 29.2 Å². The number of nitrogens with zero attached hydrogens (tertiary/aromatic N) is 4. The van der Waals surface area contributed by atoms with Gasteiger partial charge < -0.3 is 4.90 Å². The minimum Gasteiger partial charge on any atom is -0.369 e. The number of benzene rings is 1. The van der Waals surface area contributed by atoms with Crippen LogP contribution in [0, 0.1) is 28.5 Å². The molecule has 2 aromatic heterocycles. The van der Waals surface area contributed by atoms with Crippen LogP contribution in [0.1, 0.15) is 50.1 Å². The van der Waals surface area contributed by atoms with Gasteiger partial charge in [-0.25, -0.2) is 22.2 Å². The van der Waals surface area contributed by atoms with Gasteiger partial charge in [0.05, 0.1) is 39.8 Å². The lowest BCUT2D eigenvalue weighted by molar-refractivity contribution is -0.126. The number of rotatable bonds is 7. The van der Waals surface area contributed by atoms with Crippen LogP contribution in [-0.4, -0.2) is 54.9 Å². The van der Waals surface area contributed by atoms with Crippen molar-refractivity contribution in [2.45, 2.75) is 50.6 Å². The molecule has 214 valence electrons. The highest BCUT2D eigenvalue weighted by atomic mass is 32.2. The third-order valence-electron chi connectivity index (χ3n) is 8.60. The first-order valence-corrected chi connectivity index (χ1v) is 16.5. The molecule has 0 radical (unpaired) electrons. The topological polar surface area (TPSA) is 104 Å². The van der Waals surface area contributed by atoms with E-state index in [0.29, 0.717) is 55.0 Å². The summed E-state index contributed by atoms with van der Waals surface area (Å²) in [5.74, 6) is -1.22. The van der Waals surface area contributed by atoms with E-state index in [1.165, 1.54) is 17.4 Å². The van der Waals surface area contributed by atoms with Gasteiger partial charge in [0.1, 0.15) is 22.8 Å². The van der Waals surface area contributed by atoms with E-state index in [9.17, 15) is 27.3 Å². The molecule has 3 heterocycles. The van der Waals surface area contributed by atoms with Gasteiger partial charge in [-0.05, 0) is 55.9 Å². The van der Waals surface area contributed by atoms with Gasteiger partial charge in [0, 0.05) is 48.8 Å². The number of aromatic nitrogens is 2. The van der Waals surface area contributed by atoms with Gasteiger partial charge in [-0.2, -0.15) is 5.26 Å². The van der Waals surface area contributed by atoms with E-state index in [0.717, 1.165) is 22.3 Å². The Bertz CT molecular complexity index is 1600.